The SMILES string of the molecule is CCCCCCCCC(CCC)NC1CCCCC1. The van der Waals surface area contributed by atoms with Crippen molar-refractivity contribution < 1.29 is 0 Å². The van der Waals surface area contributed by atoms with Gasteiger partial charge < -0.3 is 5.32 Å². The van der Waals surface area contributed by atoms with Crippen LogP contribution in [0.1, 0.15) is 104 Å². The third-order valence-electron chi connectivity index (χ3n) is 4.62. The number of nitrogens with one attached hydrogen (secondary N) is 1. The van der Waals surface area contributed by atoms with E-state index in [1.165, 1.54) is 89.9 Å². The van der Waals surface area contributed by atoms with Crippen LogP contribution in [0.4, 0.5) is 0 Å². The first-order valence-electron chi connectivity index (χ1n) is 9.12. The molecule has 0 amide bonds. The lowest BCUT2D eigenvalue weighted by Crippen LogP contribution is -2.39. The predicted molar refractivity (Wildman–Crippen MR) is 86.7 cm³/mol. The number of hydrogen-bond donors (Lipinski definition) is 1. The zero-order chi connectivity index (χ0) is 13.8. The van der Waals surface area contributed by atoms with E-state index in [2.05, 4.69) is 19.2 Å². The van der Waals surface area contributed by atoms with E-state index in [4.69, 9.17) is 0 Å². The van der Waals surface area contributed by atoms with Gasteiger partial charge >= 0.3 is 0 Å². The molecule has 0 aromatic rings. The van der Waals surface area contributed by atoms with Crippen LogP contribution in [-0.2, 0) is 0 Å². The Bertz CT molecular complexity index is 184. The lowest BCUT2D eigenvalue weighted by molar-refractivity contribution is 0.312. The molecule has 1 heteroatoms. The summed E-state index contributed by atoms with van der Waals surface area (Å²) in [7, 11) is 0. The maximum atomic E-state index is 3.96. The van der Waals surface area contributed by atoms with Crippen LogP contribution in [-0.4, -0.2) is 12.1 Å². The van der Waals surface area contributed by atoms with Crippen molar-refractivity contribution in [3.63, 3.8) is 0 Å². The molecule has 0 spiro atoms. The van der Waals surface area contributed by atoms with Gasteiger partial charge in [-0.25, -0.2) is 0 Å². The first-order valence-corrected chi connectivity index (χ1v) is 9.12. The van der Waals surface area contributed by atoms with Gasteiger partial charge in [0.2, 0.25) is 0 Å². The minimum atomic E-state index is 0.805. The lowest BCUT2D eigenvalue weighted by atomic mass is 9.93. The van der Waals surface area contributed by atoms with E-state index in [9.17, 15) is 0 Å². The molecule has 0 aromatic heterocycles. The van der Waals surface area contributed by atoms with E-state index in [1.54, 1.807) is 0 Å². The molecule has 1 saturated carbocycles. The van der Waals surface area contributed by atoms with Crippen molar-refractivity contribution in [3.05, 3.63) is 0 Å². The molecular formula is C18H37N. The molecule has 0 radical (unpaired) electrons. The fourth-order valence-electron chi connectivity index (χ4n) is 3.43. The molecule has 1 N–H and O–H groups in total. The zero-order valence-electron chi connectivity index (χ0n) is 13.6. The van der Waals surface area contributed by atoms with Crippen LogP contribution in [0.25, 0.3) is 0 Å². The Morgan fingerprint density at radius 3 is 2.16 bits per heavy atom. The topological polar surface area (TPSA) is 12.0 Å². The van der Waals surface area contributed by atoms with Gasteiger partial charge in [-0.15, -0.1) is 0 Å². The second kappa shape index (κ2) is 11.8. The van der Waals surface area contributed by atoms with Gasteiger partial charge in [0.05, 0.1) is 0 Å². The molecule has 0 saturated heterocycles. The second-order valence-electron chi connectivity index (χ2n) is 6.54. The summed E-state index contributed by atoms with van der Waals surface area (Å²) in [6.45, 7) is 4.63. The Morgan fingerprint density at radius 2 is 1.47 bits per heavy atom. The second-order valence-corrected chi connectivity index (χ2v) is 6.54. The monoisotopic (exact) mass is 267 g/mol. The van der Waals surface area contributed by atoms with Crippen LogP contribution in [0.2, 0.25) is 0 Å². The molecule has 1 rings (SSSR count). The van der Waals surface area contributed by atoms with Gasteiger partial charge in [-0.05, 0) is 25.7 Å². The van der Waals surface area contributed by atoms with Crippen LogP contribution in [0.15, 0.2) is 0 Å². The third-order valence-corrected chi connectivity index (χ3v) is 4.62. The molecule has 1 aliphatic carbocycles. The van der Waals surface area contributed by atoms with E-state index in [1.807, 2.05) is 0 Å². The molecule has 0 heterocycles. The fourth-order valence-corrected chi connectivity index (χ4v) is 3.43. The fraction of sp³-hybridized carbons (Fsp3) is 1.00. The highest BCUT2D eigenvalue weighted by molar-refractivity contribution is 4.77. The summed E-state index contributed by atoms with van der Waals surface area (Å²) in [5.74, 6) is 0. The van der Waals surface area contributed by atoms with Crippen molar-refractivity contribution in [2.24, 2.45) is 0 Å². The average molecular weight is 268 g/mol. The molecule has 0 bridgehead atoms. The molecule has 1 atom stereocenters. The van der Waals surface area contributed by atoms with Crippen LogP contribution in [0, 0.1) is 0 Å². The Labute approximate surface area is 121 Å². The molecule has 1 fully saturated rings. The summed E-state index contributed by atoms with van der Waals surface area (Å²) < 4.78 is 0. The van der Waals surface area contributed by atoms with Crippen molar-refractivity contribution in [3.8, 4) is 0 Å². The highest BCUT2D eigenvalue weighted by atomic mass is 14.9. The lowest BCUT2D eigenvalue weighted by Gasteiger charge is -2.28. The Morgan fingerprint density at radius 1 is 0.789 bits per heavy atom. The predicted octanol–water partition coefficient (Wildman–Crippen LogP) is 5.83. The van der Waals surface area contributed by atoms with Gasteiger partial charge in [0.1, 0.15) is 0 Å². The Kier molecular flexibility index (Phi) is 10.5. The third kappa shape index (κ3) is 8.68. The molecular weight excluding hydrogens is 230 g/mol. The van der Waals surface area contributed by atoms with Gasteiger partial charge in [-0.2, -0.15) is 0 Å². The van der Waals surface area contributed by atoms with Gasteiger partial charge in [-0.3, -0.25) is 0 Å². The van der Waals surface area contributed by atoms with Gasteiger partial charge in [0.15, 0.2) is 0 Å². The molecule has 0 aromatic carbocycles. The number of rotatable bonds is 11. The average Bonchev–Trinajstić information content (AvgIpc) is 2.44. The largest absolute Gasteiger partial charge is 0.311 e. The van der Waals surface area contributed by atoms with Crippen molar-refractivity contribution in [1.29, 1.82) is 0 Å². The van der Waals surface area contributed by atoms with Crippen LogP contribution < -0.4 is 5.32 Å². The minimum Gasteiger partial charge on any atom is -0.311 e. The molecule has 114 valence electrons. The van der Waals surface area contributed by atoms with Gasteiger partial charge in [-0.1, -0.05) is 78.1 Å². The first-order chi connectivity index (χ1) is 9.36. The summed E-state index contributed by atoms with van der Waals surface area (Å²) in [6.07, 6.45) is 19.9. The van der Waals surface area contributed by atoms with Crippen molar-refractivity contribution in [1.82, 2.24) is 5.32 Å². The molecule has 1 aliphatic rings. The number of hydrogen-bond acceptors (Lipinski definition) is 1. The first kappa shape index (κ1) is 17.0. The van der Waals surface area contributed by atoms with Crippen molar-refractivity contribution in [2.75, 3.05) is 0 Å². The van der Waals surface area contributed by atoms with Gasteiger partial charge in [0.25, 0.3) is 0 Å². The van der Waals surface area contributed by atoms with Crippen molar-refractivity contribution in [2.45, 2.75) is 116 Å². The summed E-state index contributed by atoms with van der Waals surface area (Å²) in [5, 5.41) is 3.96. The summed E-state index contributed by atoms with van der Waals surface area (Å²) >= 11 is 0. The van der Waals surface area contributed by atoms with E-state index in [-0.39, 0.29) is 0 Å². The maximum absolute atomic E-state index is 3.96. The normalized spacial score (nSPS) is 18.6. The Balaban J connectivity index is 2.09. The van der Waals surface area contributed by atoms with E-state index < -0.39 is 0 Å². The van der Waals surface area contributed by atoms with E-state index in [0.29, 0.717) is 0 Å². The summed E-state index contributed by atoms with van der Waals surface area (Å²) in [4.78, 5) is 0. The number of unbranched alkanes of at least 4 members (excludes halogenated alkanes) is 5. The zero-order valence-corrected chi connectivity index (χ0v) is 13.6. The summed E-state index contributed by atoms with van der Waals surface area (Å²) in [5.41, 5.74) is 0. The van der Waals surface area contributed by atoms with E-state index >= 15 is 0 Å². The standard InChI is InChI=1S/C18H37N/c1-3-5-6-7-8-10-14-17(13-4-2)19-18-15-11-9-12-16-18/h17-19H,3-16H2,1-2H3. The van der Waals surface area contributed by atoms with E-state index in [0.717, 1.165) is 12.1 Å². The smallest absolute Gasteiger partial charge is 0.00696 e. The van der Waals surface area contributed by atoms with Crippen LogP contribution in [0.5, 0.6) is 0 Å². The van der Waals surface area contributed by atoms with Crippen LogP contribution >= 0.6 is 0 Å². The molecule has 1 unspecified atom stereocenters. The Hall–Kier alpha value is -0.0400. The highest BCUT2D eigenvalue weighted by Crippen LogP contribution is 2.20. The maximum Gasteiger partial charge on any atom is 0.00696 e. The molecule has 1 nitrogen and oxygen atoms in total. The quantitative estimate of drug-likeness (QED) is 0.464. The summed E-state index contributed by atoms with van der Waals surface area (Å²) in [6, 6.07) is 1.64. The van der Waals surface area contributed by atoms with Crippen molar-refractivity contribution >= 4 is 0 Å². The minimum absolute atomic E-state index is 0.805. The van der Waals surface area contributed by atoms with Crippen LogP contribution in [0.3, 0.4) is 0 Å². The highest BCUT2D eigenvalue weighted by Gasteiger charge is 2.16. The molecule has 0 aliphatic heterocycles. The molecule has 19 heavy (non-hydrogen) atoms. The van der Waals surface area contributed by atoms with Gasteiger partial charge in [0, 0.05) is 12.1 Å².